The zero-order valence-electron chi connectivity index (χ0n) is 15.6. The van der Waals surface area contributed by atoms with Crippen molar-refractivity contribution in [3.63, 3.8) is 0 Å². The van der Waals surface area contributed by atoms with Gasteiger partial charge in [-0.05, 0) is 24.3 Å². The Morgan fingerprint density at radius 2 is 2.06 bits per heavy atom. The number of nitrogens with one attached hydrogen (secondary N) is 2. The van der Waals surface area contributed by atoms with Gasteiger partial charge in [0.1, 0.15) is 16.6 Å². The van der Waals surface area contributed by atoms with E-state index in [1.165, 1.54) is 12.3 Å². The average Bonchev–Trinajstić information content (AvgIpc) is 3.46. The van der Waals surface area contributed by atoms with Crippen LogP contribution in [0.4, 0.5) is 24.7 Å². The molecule has 2 aliphatic rings. The summed E-state index contributed by atoms with van der Waals surface area (Å²) in [5.41, 5.74) is 0.0151. The Morgan fingerprint density at radius 1 is 1.26 bits per heavy atom. The first-order valence-corrected chi connectivity index (χ1v) is 9.54. The third-order valence-electron chi connectivity index (χ3n) is 5.03. The lowest BCUT2D eigenvalue weighted by molar-refractivity contribution is -0.174. The molecule has 2 atom stereocenters. The molecule has 0 aliphatic carbocycles. The molecule has 5 rings (SSSR count). The van der Waals surface area contributed by atoms with Crippen LogP contribution in [0.25, 0.3) is 0 Å². The van der Waals surface area contributed by atoms with Crippen LogP contribution in [0.1, 0.15) is 34.8 Å². The maximum Gasteiger partial charge on any atom is 0.410 e. The topological polar surface area (TPSA) is 90.5 Å². The van der Waals surface area contributed by atoms with Crippen molar-refractivity contribution in [2.45, 2.75) is 24.7 Å². The predicted octanol–water partition coefficient (Wildman–Crippen LogP) is 4.77. The lowest BCUT2D eigenvalue weighted by Crippen LogP contribution is -2.35. The number of aromatic nitrogens is 2. The summed E-state index contributed by atoms with van der Waals surface area (Å²) in [6.07, 6.45) is -3.61. The second kappa shape index (κ2) is 7.12. The number of carbonyl (C=O) groups is 1. The predicted molar refractivity (Wildman–Crippen MR) is 103 cm³/mol. The summed E-state index contributed by atoms with van der Waals surface area (Å²) >= 11 is 6.29. The fraction of sp³-hybridized carbons (Fsp3) is 0.263. The van der Waals surface area contributed by atoms with Crippen molar-refractivity contribution >= 4 is 29.0 Å². The molecule has 31 heavy (non-hydrogen) atoms. The largest absolute Gasteiger partial charge is 0.467 e. The van der Waals surface area contributed by atoms with Crippen molar-refractivity contribution in [1.29, 1.82) is 0 Å². The summed E-state index contributed by atoms with van der Waals surface area (Å²) in [6.45, 7) is 0.0632. The second-order valence-electron chi connectivity index (χ2n) is 6.98. The maximum atomic E-state index is 13.8. The molecule has 8 nitrogen and oxygen atoms in total. The summed E-state index contributed by atoms with van der Waals surface area (Å²) < 4.78 is 57.7. The number of nitrogens with zero attached hydrogens (tertiary/aromatic N) is 2. The first-order valence-electron chi connectivity index (χ1n) is 9.17. The quantitative estimate of drug-likeness (QED) is 0.592. The Hall–Kier alpha value is -3.34. The SMILES string of the molecule is O=C(Nc1ccc2c(c1)OCO2)c1nn2c(c1Cl)N[C@@H](c1ccco1)C[C@H]2C(F)(F)F. The van der Waals surface area contributed by atoms with Crippen LogP contribution in [-0.2, 0) is 0 Å². The van der Waals surface area contributed by atoms with E-state index in [4.69, 9.17) is 25.5 Å². The molecule has 0 radical (unpaired) electrons. The Labute approximate surface area is 177 Å². The summed E-state index contributed by atoms with van der Waals surface area (Å²) in [7, 11) is 0. The Kier molecular flexibility index (Phi) is 4.50. The van der Waals surface area contributed by atoms with Gasteiger partial charge in [-0.3, -0.25) is 4.79 Å². The van der Waals surface area contributed by atoms with Gasteiger partial charge >= 0.3 is 6.18 Å². The van der Waals surface area contributed by atoms with E-state index in [1.54, 1.807) is 24.3 Å². The molecule has 12 heteroatoms. The molecule has 1 aromatic carbocycles. The number of alkyl halides is 3. The van der Waals surface area contributed by atoms with Crippen molar-refractivity contribution in [2.75, 3.05) is 17.4 Å². The number of carbonyl (C=O) groups excluding carboxylic acids is 1. The Balaban J connectivity index is 1.47. The van der Waals surface area contributed by atoms with Crippen LogP contribution in [0.3, 0.4) is 0 Å². The summed E-state index contributed by atoms with van der Waals surface area (Å²) in [4.78, 5) is 12.7. The van der Waals surface area contributed by atoms with Gasteiger partial charge in [-0.15, -0.1) is 0 Å². The number of halogens is 4. The van der Waals surface area contributed by atoms with Gasteiger partial charge in [0.2, 0.25) is 6.79 Å². The number of hydrogen-bond donors (Lipinski definition) is 2. The van der Waals surface area contributed by atoms with Gasteiger partial charge in [0.05, 0.1) is 12.3 Å². The van der Waals surface area contributed by atoms with Gasteiger partial charge in [-0.1, -0.05) is 11.6 Å². The minimum atomic E-state index is -4.61. The number of ether oxygens (including phenoxy) is 2. The minimum absolute atomic E-state index is 0.0632. The van der Waals surface area contributed by atoms with Crippen LogP contribution in [-0.4, -0.2) is 28.7 Å². The first-order chi connectivity index (χ1) is 14.8. The molecule has 3 aromatic rings. The standard InChI is InChI=1S/C19H14ClF3N4O4/c20-15-16(18(28)24-9-3-4-12-13(6-9)31-8-30-12)26-27-14(19(21,22)23)7-10(25-17(15)27)11-2-1-5-29-11/h1-6,10,14,25H,7-8H2,(H,24,28)/t10-,14+/m1/s1. The number of furan rings is 1. The third kappa shape index (κ3) is 3.44. The highest BCUT2D eigenvalue weighted by Gasteiger charge is 2.48. The van der Waals surface area contributed by atoms with Crippen molar-refractivity contribution in [1.82, 2.24) is 9.78 Å². The van der Waals surface area contributed by atoms with Crippen molar-refractivity contribution in [3.05, 3.63) is 53.1 Å². The van der Waals surface area contributed by atoms with Crippen LogP contribution in [0.5, 0.6) is 11.5 Å². The van der Waals surface area contributed by atoms with Crippen LogP contribution in [0, 0.1) is 0 Å². The molecule has 0 fully saturated rings. The van der Waals surface area contributed by atoms with E-state index < -0.39 is 24.2 Å². The smallest absolute Gasteiger partial charge is 0.410 e. The van der Waals surface area contributed by atoms with Crippen LogP contribution in [0.15, 0.2) is 41.0 Å². The van der Waals surface area contributed by atoms with E-state index in [9.17, 15) is 18.0 Å². The number of fused-ring (bicyclic) bond motifs is 2. The highest BCUT2D eigenvalue weighted by molar-refractivity contribution is 6.36. The molecule has 2 aromatic heterocycles. The van der Waals surface area contributed by atoms with Crippen LogP contribution in [0.2, 0.25) is 5.02 Å². The second-order valence-corrected chi connectivity index (χ2v) is 7.36. The van der Waals surface area contributed by atoms with Gasteiger partial charge in [0.25, 0.3) is 5.91 Å². The molecule has 0 unspecified atom stereocenters. The normalized spacial score (nSPS) is 19.6. The zero-order chi connectivity index (χ0) is 21.8. The van der Waals surface area contributed by atoms with Gasteiger partial charge in [-0.2, -0.15) is 18.3 Å². The molecule has 0 saturated carbocycles. The molecule has 1 amide bonds. The lowest BCUT2D eigenvalue weighted by atomic mass is 10.0. The molecule has 4 heterocycles. The molecular formula is C19H14ClF3N4O4. The van der Waals surface area contributed by atoms with E-state index >= 15 is 0 Å². The molecule has 0 saturated heterocycles. The van der Waals surface area contributed by atoms with E-state index in [-0.39, 0.29) is 29.7 Å². The molecular weight excluding hydrogens is 441 g/mol. The number of amides is 1. The average molecular weight is 455 g/mol. The molecule has 162 valence electrons. The Morgan fingerprint density at radius 3 is 2.81 bits per heavy atom. The van der Waals surface area contributed by atoms with Crippen LogP contribution >= 0.6 is 11.6 Å². The van der Waals surface area contributed by atoms with Crippen molar-refractivity contribution < 1.29 is 31.9 Å². The van der Waals surface area contributed by atoms with E-state index in [0.717, 1.165) is 0 Å². The summed E-state index contributed by atoms with van der Waals surface area (Å²) in [5, 5.41) is 9.14. The monoisotopic (exact) mass is 454 g/mol. The maximum absolute atomic E-state index is 13.8. The molecule has 2 N–H and O–H groups in total. The fourth-order valence-corrected chi connectivity index (χ4v) is 3.84. The number of benzene rings is 1. The van der Waals surface area contributed by atoms with Gasteiger partial charge in [0, 0.05) is 18.2 Å². The van der Waals surface area contributed by atoms with Crippen molar-refractivity contribution in [2.24, 2.45) is 0 Å². The molecule has 0 bridgehead atoms. The van der Waals surface area contributed by atoms with Crippen LogP contribution < -0.4 is 20.1 Å². The highest BCUT2D eigenvalue weighted by Crippen LogP contribution is 2.46. The van der Waals surface area contributed by atoms with Gasteiger partial charge < -0.3 is 24.5 Å². The first kappa shape index (κ1) is 19.6. The van der Waals surface area contributed by atoms with E-state index in [0.29, 0.717) is 27.6 Å². The minimum Gasteiger partial charge on any atom is -0.467 e. The number of rotatable bonds is 3. The van der Waals surface area contributed by atoms with Gasteiger partial charge in [-0.25, -0.2) is 4.68 Å². The molecule has 0 spiro atoms. The van der Waals surface area contributed by atoms with Gasteiger partial charge in [0.15, 0.2) is 23.2 Å². The number of hydrogen-bond acceptors (Lipinski definition) is 6. The van der Waals surface area contributed by atoms with Crippen molar-refractivity contribution in [3.8, 4) is 11.5 Å². The fourth-order valence-electron chi connectivity index (χ4n) is 3.58. The van der Waals surface area contributed by atoms with E-state index in [1.807, 2.05) is 0 Å². The lowest BCUT2D eigenvalue weighted by Gasteiger charge is -2.32. The highest BCUT2D eigenvalue weighted by atomic mass is 35.5. The summed E-state index contributed by atoms with van der Waals surface area (Å²) in [5.74, 6) is 0.419. The Bertz CT molecular complexity index is 1150. The third-order valence-corrected chi connectivity index (χ3v) is 5.39. The number of anilines is 2. The van der Waals surface area contributed by atoms with E-state index in [2.05, 4.69) is 15.7 Å². The molecule has 2 aliphatic heterocycles. The zero-order valence-corrected chi connectivity index (χ0v) is 16.3. The summed E-state index contributed by atoms with van der Waals surface area (Å²) in [6, 6.07) is 5.09.